The number of aromatic hydroxyl groups is 2. The number of hydrogen-bond donors (Lipinski definition) is 3. The summed E-state index contributed by atoms with van der Waals surface area (Å²) in [6.07, 6.45) is 12.1. The summed E-state index contributed by atoms with van der Waals surface area (Å²) in [5, 5.41) is 28.1. The van der Waals surface area contributed by atoms with E-state index in [1.165, 1.54) is 51.0 Å². The van der Waals surface area contributed by atoms with Gasteiger partial charge in [-0.3, -0.25) is 0 Å². The van der Waals surface area contributed by atoms with Crippen LogP contribution >= 0.6 is 0 Å². The van der Waals surface area contributed by atoms with E-state index in [0.29, 0.717) is 6.61 Å². The summed E-state index contributed by atoms with van der Waals surface area (Å²) in [6.45, 7) is 2.62. The Morgan fingerprint density at radius 3 is 2.00 bits per heavy atom. The molecular formula is C19H30O5. The molecule has 0 fully saturated rings. The second-order valence-electron chi connectivity index (χ2n) is 6.18. The number of aromatic carboxylic acids is 1. The zero-order valence-electron chi connectivity index (χ0n) is 14.6. The van der Waals surface area contributed by atoms with Crippen LogP contribution in [-0.4, -0.2) is 27.9 Å². The molecule has 0 atom stereocenters. The summed E-state index contributed by atoms with van der Waals surface area (Å²) < 4.78 is 5.41. The molecule has 0 aliphatic heterocycles. The van der Waals surface area contributed by atoms with E-state index in [9.17, 15) is 15.0 Å². The molecule has 0 aliphatic rings. The molecule has 3 N–H and O–H groups in total. The largest absolute Gasteiger partial charge is 0.504 e. The molecule has 1 aromatic rings. The van der Waals surface area contributed by atoms with Crippen LogP contribution in [0.1, 0.15) is 81.5 Å². The fourth-order valence-electron chi connectivity index (χ4n) is 2.60. The number of carbonyl (C=O) groups is 1. The smallest absolute Gasteiger partial charge is 0.335 e. The highest BCUT2D eigenvalue weighted by Gasteiger charge is 2.14. The zero-order chi connectivity index (χ0) is 17.8. The Kier molecular flexibility index (Phi) is 9.73. The number of carboxylic acids is 1. The first-order valence-electron chi connectivity index (χ1n) is 8.98. The topological polar surface area (TPSA) is 87.0 Å². The standard InChI is InChI=1S/C19H30O5/c1-2-3-4-5-6-7-8-9-10-11-12-24-17-14-15(19(22)23)13-16(20)18(17)21/h13-14,20-21H,2-12H2,1H3,(H,22,23). The fourth-order valence-corrected chi connectivity index (χ4v) is 2.60. The predicted octanol–water partition coefficient (Wildman–Crippen LogP) is 5.10. The number of benzene rings is 1. The summed E-state index contributed by atoms with van der Waals surface area (Å²) in [6, 6.07) is 2.23. The van der Waals surface area contributed by atoms with Gasteiger partial charge in [0.05, 0.1) is 12.2 Å². The van der Waals surface area contributed by atoms with Crippen molar-refractivity contribution in [3.8, 4) is 17.2 Å². The van der Waals surface area contributed by atoms with Crippen molar-refractivity contribution in [3.63, 3.8) is 0 Å². The van der Waals surface area contributed by atoms with Crippen LogP contribution < -0.4 is 4.74 Å². The molecule has 1 rings (SSSR count). The Balaban J connectivity index is 2.16. The molecule has 0 aromatic heterocycles. The summed E-state index contributed by atoms with van der Waals surface area (Å²) in [7, 11) is 0. The molecule has 0 heterocycles. The maximum atomic E-state index is 10.9. The lowest BCUT2D eigenvalue weighted by Crippen LogP contribution is -2.01. The SMILES string of the molecule is CCCCCCCCCCCCOc1cc(C(=O)O)cc(O)c1O. The van der Waals surface area contributed by atoms with Crippen molar-refractivity contribution >= 4 is 5.97 Å². The molecule has 0 bridgehead atoms. The van der Waals surface area contributed by atoms with Crippen molar-refractivity contribution in [2.24, 2.45) is 0 Å². The maximum Gasteiger partial charge on any atom is 0.335 e. The highest BCUT2D eigenvalue weighted by molar-refractivity contribution is 5.89. The van der Waals surface area contributed by atoms with Gasteiger partial charge in [0.2, 0.25) is 5.75 Å². The molecule has 24 heavy (non-hydrogen) atoms. The quantitative estimate of drug-likeness (QED) is 0.344. The van der Waals surface area contributed by atoms with Gasteiger partial charge >= 0.3 is 5.97 Å². The van der Waals surface area contributed by atoms with Gasteiger partial charge in [0.15, 0.2) is 11.5 Å². The van der Waals surface area contributed by atoms with Crippen LogP contribution in [0.25, 0.3) is 0 Å². The lowest BCUT2D eigenvalue weighted by atomic mass is 10.1. The molecular weight excluding hydrogens is 308 g/mol. The van der Waals surface area contributed by atoms with Gasteiger partial charge in [-0.05, 0) is 18.6 Å². The van der Waals surface area contributed by atoms with E-state index in [2.05, 4.69) is 6.92 Å². The Hall–Kier alpha value is -1.91. The number of phenolic OH excluding ortho intramolecular Hbond substituents is 2. The van der Waals surface area contributed by atoms with Crippen molar-refractivity contribution < 1.29 is 24.9 Å². The van der Waals surface area contributed by atoms with E-state index in [0.717, 1.165) is 25.3 Å². The first kappa shape index (κ1) is 20.1. The van der Waals surface area contributed by atoms with Crippen LogP contribution in [0.2, 0.25) is 0 Å². The normalized spacial score (nSPS) is 10.7. The lowest BCUT2D eigenvalue weighted by Gasteiger charge is -2.10. The lowest BCUT2D eigenvalue weighted by molar-refractivity contribution is 0.0695. The van der Waals surface area contributed by atoms with Crippen molar-refractivity contribution in [3.05, 3.63) is 17.7 Å². The second kappa shape index (κ2) is 11.6. The highest BCUT2D eigenvalue weighted by Crippen LogP contribution is 2.36. The van der Waals surface area contributed by atoms with Gasteiger partial charge in [0, 0.05) is 0 Å². The molecule has 0 unspecified atom stereocenters. The first-order valence-corrected chi connectivity index (χ1v) is 8.98. The monoisotopic (exact) mass is 338 g/mol. The number of ether oxygens (including phenoxy) is 1. The highest BCUT2D eigenvalue weighted by atomic mass is 16.5. The minimum atomic E-state index is -1.17. The van der Waals surface area contributed by atoms with Gasteiger partial charge < -0.3 is 20.1 Å². The van der Waals surface area contributed by atoms with E-state index in [4.69, 9.17) is 9.84 Å². The van der Waals surface area contributed by atoms with Crippen LogP contribution in [0.15, 0.2) is 12.1 Å². The summed E-state index contributed by atoms with van der Waals surface area (Å²) in [4.78, 5) is 10.9. The van der Waals surface area contributed by atoms with E-state index in [1.54, 1.807) is 0 Å². The average molecular weight is 338 g/mol. The van der Waals surface area contributed by atoms with Crippen molar-refractivity contribution in [2.75, 3.05) is 6.61 Å². The average Bonchev–Trinajstić information content (AvgIpc) is 2.55. The third-order valence-electron chi connectivity index (χ3n) is 4.06. The number of hydrogen-bond acceptors (Lipinski definition) is 4. The van der Waals surface area contributed by atoms with Gasteiger partial charge in [-0.15, -0.1) is 0 Å². The van der Waals surface area contributed by atoms with Crippen molar-refractivity contribution in [2.45, 2.75) is 71.1 Å². The number of carboxylic acid groups (broad SMARTS) is 1. The minimum Gasteiger partial charge on any atom is -0.504 e. The number of phenols is 2. The molecule has 5 nitrogen and oxygen atoms in total. The predicted molar refractivity (Wildman–Crippen MR) is 94.1 cm³/mol. The number of rotatable bonds is 13. The molecule has 5 heteroatoms. The molecule has 0 radical (unpaired) electrons. The fraction of sp³-hybridized carbons (Fsp3) is 0.632. The van der Waals surface area contributed by atoms with Gasteiger partial charge in [-0.2, -0.15) is 0 Å². The summed E-state index contributed by atoms with van der Waals surface area (Å²) in [5.74, 6) is -2.04. The molecule has 136 valence electrons. The minimum absolute atomic E-state index is 0.0170. The summed E-state index contributed by atoms with van der Waals surface area (Å²) in [5.41, 5.74) is -0.108. The summed E-state index contributed by atoms with van der Waals surface area (Å²) >= 11 is 0. The second-order valence-corrected chi connectivity index (χ2v) is 6.18. The third kappa shape index (κ3) is 7.57. The Labute approximate surface area is 144 Å². The van der Waals surface area contributed by atoms with Crippen LogP contribution in [0, 0.1) is 0 Å². The Morgan fingerprint density at radius 1 is 0.917 bits per heavy atom. The van der Waals surface area contributed by atoms with Crippen LogP contribution in [0.3, 0.4) is 0 Å². The molecule has 0 amide bonds. The van der Waals surface area contributed by atoms with Crippen LogP contribution in [0.5, 0.6) is 17.2 Å². The van der Waals surface area contributed by atoms with E-state index in [1.807, 2.05) is 0 Å². The van der Waals surface area contributed by atoms with Crippen molar-refractivity contribution in [1.29, 1.82) is 0 Å². The Bertz CT molecular complexity index is 499. The molecule has 0 saturated heterocycles. The van der Waals surface area contributed by atoms with Gasteiger partial charge in [0.25, 0.3) is 0 Å². The molecule has 0 spiro atoms. The van der Waals surface area contributed by atoms with Gasteiger partial charge in [0.1, 0.15) is 0 Å². The molecule has 0 saturated carbocycles. The van der Waals surface area contributed by atoms with E-state index in [-0.39, 0.29) is 11.3 Å². The van der Waals surface area contributed by atoms with Gasteiger partial charge in [-0.25, -0.2) is 4.79 Å². The van der Waals surface area contributed by atoms with E-state index >= 15 is 0 Å². The zero-order valence-corrected chi connectivity index (χ0v) is 14.6. The van der Waals surface area contributed by atoms with Gasteiger partial charge in [-0.1, -0.05) is 64.7 Å². The molecule has 1 aromatic carbocycles. The first-order chi connectivity index (χ1) is 11.6. The molecule has 0 aliphatic carbocycles. The van der Waals surface area contributed by atoms with Crippen molar-refractivity contribution in [1.82, 2.24) is 0 Å². The Morgan fingerprint density at radius 2 is 1.46 bits per heavy atom. The van der Waals surface area contributed by atoms with Crippen LogP contribution in [-0.2, 0) is 0 Å². The van der Waals surface area contributed by atoms with Crippen LogP contribution in [0.4, 0.5) is 0 Å². The van der Waals surface area contributed by atoms with E-state index < -0.39 is 17.5 Å². The third-order valence-corrected chi connectivity index (χ3v) is 4.06. The number of unbranched alkanes of at least 4 members (excludes halogenated alkanes) is 9. The maximum absolute atomic E-state index is 10.9.